The SMILES string of the molecule is CNC(=O)[C@H](C)N(Cc1ccccc1Cl)C(=O)CN(c1ccccc1F)S(=O)(=O)c1ccccc1. The van der Waals surface area contributed by atoms with E-state index in [0.717, 1.165) is 10.4 Å². The zero-order valence-electron chi connectivity index (χ0n) is 19.2. The second kappa shape index (κ2) is 11.3. The first-order valence-electron chi connectivity index (χ1n) is 10.7. The number of nitrogens with zero attached hydrogens (tertiary/aromatic N) is 2. The second-order valence-corrected chi connectivity index (χ2v) is 9.95. The van der Waals surface area contributed by atoms with Gasteiger partial charge in [0.1, 0.15) is 18.4 Å². The van der Waals surface area contributed by atoms with Gasteiger partial charge in [0.15, 0.2) is 0 Å². The van der Waals surface area contributed by atoms with E-state index < -0.39 is 40.2 Å². The normalized spacial score (nSPS) is 12.0. The Labute approximate surface area is 209 Å². The van der Waals surface area contributed by atoms with Gasteiger partial charge in [-0.3, -0.25) is 13.9 Å². The summed E-state index contributed by atoms with van der Waals surface area (Å²) in [6.45, 7) is 0.736. The van der Waals surface area contributed by atoms with Gasteiger partial charge in [-0.2, -0.15) is 0 Å². The Bertz CT molecular complexity index is 1300. The highest BCUT2D eigenvalue weighted by atomic mass is 35.5. The minimum atomic E-state index is -4.32. The number of nitrogens with one attached hydrogen (secondary N) is 1. The van der Waals surface area contributed by atoms with Crippen LogP contribution in [0.3, 0.4) is 0 Å². The molecular weight excluding hydrogens is 493 g/mol. The molecule has 3 aromatic rings. The summed E-state index contributed by atoms with van der Waals surface area (Å²) < 4.78 is 42.5. The van der Waals surface area contributed by atoms with Crippen LogP contribution in [0, 0.1) is 5.82 Å². The lowest BCUT2D eigenvalue weighted by atomic mass is 10.1. The van der Waals surface area contributed by atoms with E-state index in [1.807, 2.05) is 0 Å². The summed E-state index contributed by atoms with van der Waals surface area (Å²) in [7, 11) is -2.89. The van der Waals surface area contributed by atoms with Crippen molar-refractivity contribution in [2.75, 3.05) is 17.9 Å². The monoisotopic (exact) mass is 517 g/mol. The fraction of sp³-hybridized carbons (Fsp3) is 0.200. The first-order chi connectivity index (χ1) is 16.7. The average Bonchev–Trinajstić information content (AvgIpc) is 2.86. The molecule has 2 amide bonds. The second-order valence-electron chi connectivity index (χ2n) is 7.68. The summed E-state index contributed by atoms with van der Waals surface area (Å²) in [5.74, 6) is -1.96. The molecule has 0 bridgehead atoms. The molecule has 0 unspecified atom stereocenters. The van der Waals surface area contributed by atoms with Crippen LogP contribution in [0.4, 0.5) is 10.1 Å². The van der Waals surface area contributed by atoms with Crippen molar-refractivity contribution in [2.45, 2.75) is 24.4 Å². The van der Waals surface area contributed by atoms with Crippen LogP contribution in [0.2, 0.25) is 5.02 Å². The third-order valence-electron chi connectivity index (χ3n) is 5.44. The maximum Gasteiger partial charge on any atom is 0.264 e. The van der Waals surface area contributed by atoms with Gasteiger partial charge in [-0.25, -0.2) is 12.8 Å². The van der Waals surface area contributed by atoms with Gasteiger partial charge in [0.25, 0.3) is 10.0 Å². The lowest BCUT2D eigenvalue weighted by Crippen LogP contribution is -2.50. The molecule has 3 aromatic carbocycles. The molecule has 0 aliphatic carbocycles. The molecule has 0 saturated carbocycles. The van der Waals surface area contributed by atoms with E-state index in [0.29, 0.717) is 10.6 Å². The van der Waals surface area contributed by atoms with Gasteiger partial charge in [0.2, 0.25) is 11.8 Å². The molecule has 0 aliphatic rings. The molecule has 1 N–H and O–H groups in total. The number of likely N-dealkylation sites (N-methyl/N-ethyl adjacent to an activating group) is 1. The van der Waals surface area contributed by atoms with Crippen molar-refractivity contribution >= 4 is 39.1 Å². The average molecular weight is 518 g/mol. The fourth-order valence-corrected chi connectivity index (χ4v) is 5.13. The van der Waals surface area contributed by atoms with E-state index in [-0.39, 0.29) is 17.1 Å². The van der Waals surface area contributed by atoms with Crippen molar-refractivity contribution in [1.82, 2.24) is 10.2 Å². The highest BCUT2D eigenvalue weighted by Crippen LogP contribution is 2.27. The maximum absolute atomic E-state index is 14.8. The molecule has 3 rings (SSSR count). The van der Waals surface area contributed by atoms with Crippen molar-refractivity contribution in [3.05, 3.63) is 95.3 Å². The number of anilines is 1. The number of rotatable bonds is 9. The Morgan fingerprint density at radius 2 is 1.57 bits per heavy atom. The van der Waals surface area contributed by atoms with E-state index in [2.05, 4.69) is 5.32 Å². The molecule has 35 heavy (non-hydrogen) atoms. The predicted octanol–water partition coefficient (Wildman–Crippen LogP) is 3.84. The van der Waals surface area contributed by atoms with Gasteiger partial charge >= 0.3 is 0 Å². The topological polar surface area (TPSA) is 86.8 Å². The summed E-state index contributed by atoms with van der Waals surface area (Å²) in [6, 6.07) is 18.6. The molecule has 1 atom stereocenters. The van der Waals surface area contributed by atoms with E-state index in [9.17, 15) is 22.4 Å². The van der Waals surface area contributed by atoms with Crippen LogP contribution < -0.4 is 9.62 Å². The largest absolute Gasteiger partial charge is 0.357 e. The van der Waals surface area contributed by atoms with Gasteiger partial charge in [-0.15, -0.1) is 0 Å². The van der Waals surface area contributed by atoms with Gasteiger partial charge in [-0.05, 0) is 42.8 Å². The van der Waals surface area contributed by atoms with Crippen molar-refractivity contribution in [3.63, 3.8) is 0 Å². The Balaban J connectivity index is 2.05. The molecule has 0 fully saturated rings. The number of carbonyl (C=O) groups is 2. The van der Waals surface area contributed by atoms with Gasteiger partial charge in [0.05, 0.1) is 10.6 Å². The molecule has 0 radical (unpaired) electrons. The molecule has 0 saturated heterocycles. The number of carbonyl (C=O) groups excluding carboxylic acids is 2. The molecule has 184 valence electrons. The van der Waals surface area contributed by atoms with Crippen LogP contribution in [0.5, 0.6) is 0 Å². The van der Waals surface area contributed by atoms with Gasteiger partial charge in [0, 0.05) is 18.6 Å². The van der Waals surface area contributed by atoms with Crippen LogP contribution in [-0.4, -0.2) is 44.8 Å². The lowest BCUT2D eigenvalue weighted by molar-refractivity contribution is -0.139. The molecule has 7 nitrogen and oxygen atoms in total. The Hall–Kier alpha value is -3.43. The first kappa shape index (κ1) is 26.2. The standard InChI is InChI=1S/C25H25ClFN3O4S/c1-18(25(32)28-2)29(16-19-10-6-7-13-21(19)26)24(31)17-30(23-15-9-8-14-22(23)27)35(33,34)20-11-4-3-5-12-20/h3-15,18H,16-17H2,1-2H3,(H,28,32)/t18-/m0/s1. The van der Waals surface area contributed by atoms with Crippen LogP contribution in [0.15, 0.2) is 83.8 Å². The number of para-hydroxylation sites is 1. The Kier molecular flexibility index (Phi) is 8.48. The smallest absolute Gasteiger partial charge is 0.264 e. The zero-order chi connectivity index (χ0) is 25.6. The zero-order valence-corrected chi connectivity index (χ0v) is 20.8. The number of sulfonamides is 1. The summed E-state index contributed by atoms with van der Waals surface area (Å²) in [5, 5.41) is 2.88. The molecule has 10 heteroatoms. The lowest BCUT2D eigenvalue weighted by Gasteiger charge is -2.32. The maximum atomic E-state index is 14.8. The number of hydrogen-bond acceptors (Lipinski definition) is 4. The minimum Gasteiger partial charge on any atom is -0.357 e. The number of halogens is 2. The third-order valence-corrected chi connectivity index (χ3v) is 7.59. The third kappa shape index (κ3) is 5.98. The summed E-state index contributed by atoms with van der Waals surface area (Å²) in [4.78, 5) is 27.1. The summed E-state index contributed by atoms with van der Waals surface area (Å²) >= 11 is 6.27. The van der Waals surface area contributed by atoms with Crippen LogP contribution in [0.25, 0.3) is 0 Å². The predicted molar refractivity (Wildman–Crippen MR) is 133 cm³/mol. The van der Waals surface area contributed by atoms with Crippen LogP contribution in [0.1, 0.15) is 12.5 Å². The molecular formula is C25H25ClFN3O4S. The van der Waals surface area contributed by atoms with Crippen molar-refractivity contribution in [1.29, 1.82) is 0 Å². The van der Waals surface area contributed by atoms with Crippen molar-refractivity contribution in [3.8, 4) is 0 Å². The van der Waals surface area contributed by atoms with Gasteiger partial charge in [-0.1, -0.05) is 60.1 Å². The van der Waals surface area contributed by atoms with Crippen LogP contribution >= 0.6 is 11.6 Å². The Morgan fingerprint density at radius 3 is 2.20 bits per heavy atom. The number of hydrogen-bond donors (Lipinski definition) is 1. The van der Waals surface area contributed by atoms with E-state index in [1.165, 1.54) is 61.3 Å². The fourth-order valence-electron chi connectivity index (χ4n) is 3.49. The molecule has 0 spiro atoms. The first-order valence-corrected chi connectivity index (χ1v) is 12.6. The van der Waals surface area contributed by atoms with Crippen LogP contribution in [-0.2, 0) is 26.2 Å². The molecule has 0 aliphatic heterocycles. The van der Waals surface area contributed by atoms with E-state index in [4.69, 9.17) is 11.6 Å². The number of amides is 2. The Morgan fingerprint density at radius 1 is 0.971 bits per heavy atom. The highest BCUT2D eigenvalue weighted by molar-refractivity contribution is 7.92. The highest BCUT2D eigenvalue weighted by Gasteiger charge is 2.33. The van der Waals surface area contributed by atoms with Crippen molar-refractivity contribution in [2.24, 2.45) is 0 Å². The van der Waals surface area contributed by atoms with Crippen molar-refractivity contribution < 1.29 is 22.4 Å². The molecule has 0 aromatic heterocycles. The minimum absolute atomic E-state index is 0.0520. The van der Waals surface area contributed by atoms with Gasteiger partial charge < -0.3 is 10.2 Å². The van der Waals surface area contributed by atoms with E-state index in [1.54, 1.807) is 30.3 Å². The summed E-state index contributed by atoms with van der Waals surface area (Å²) in [5.41, 5.74) is 0.289. The summed E-state index contributed by atoms with van der Waals surface area (Å²) in [6.07, 6.45) is 0. The quantitative estimate of drug-likeness (QED) is 0.467. The molecule has 0 heterocycles. The number of benzene rings is 3. The van der Waals surface area contributed by atoms with E-state index >= 15 is 0 Å².